The van der Waals surface area contributed by atoms with Crippen molar-refractivity contribution < 1.29 is 9.59 Å². The van der Waals surface area contributed by atoms with Crippen LogP contribution in [0.1, 0.15) is 45.4 Å². The van der Waals surface area contributed by atoms with E-state index in [2.05, 4.69) is 17.1 Å². The Morgan fingerprint density at radius 3 is 2.50 bits per heavy atom. The Morgan fingerprint density at radius 1 is 1.25 bits per heavy atom. The normalized spacial score (nSPS) is 34.1. The van der Waals surface area contributed by atoms with Gasteiger partial charge < -0.3 is 5.32 Å². The minimum atomic E-state index is -0.593. The van der Waals surface area contributed by atoms with Crippen molar-refractivity contribution in [3.8, 4) is 0 Å². The number of nitrogens with one attached hydrogen (secondary N) is 1. The summed E-state index contributed by atoms with van der Waals surface area (Å²) in [4.78, 5) is 28.3. The topological polar surface area (TPSA) is 52.7 Å². The summed E-state index contributed by atoms with van der Waals surface area (Å²) in [6.07, 6.45) is 6.21. The molecule has 5 nitrogen and oxygen atoms in total. The molecule has 2 saturated carbocycles. The van der Waals surface area contributed by atoms with Crippen LogP contribution < -0.4 is 5.32 Å². The minimum absolute atomic E-state index is 0.00273. The second-order valence-electron chi connectivity index (χ2n) is 7.05. The average molecular weight is 279 g/mol. The SMILES string of the molecule is CC1CCC2(CC1)NC(=O)N(CN(C)CC1CC1)C2=O. The van der Waals surface area contributed by atoms with Gasteiger partial charge in [0.2, 0.25) is 0 Å². The first kappa shape index (κ1) is 13.9. The Hall–Kier alpha value is -1.10. The van der Waals surface area contributed by atoms with Gasteiger partial charge in [0.1, 0.15) is 5.54 Å². The maximum absolute atomic E-state index is 12.7. The van der Waals surface area contributed by atoms with Gasteiger partial charge in [-0.25, -0.2) is 9.69 Å². The van der Waals surface area contributed by atoms with Crippen LogP contribution in [0, 0.1) is 11.8 Å². The number of amides is 3. The molecule has 3 fully saturated rings. The second-order valence-corrected chi connectivity index (χ2v) is 7.05. The van der Waals surface area contributed by atoms with Crippen LogP contribution in [-0.2, 0) is 4.79 Å². The molecule has 5 heteroatoms. The first-order chi connectivity index (χ1) is 9.50. The van der Waals surface area contributed by atoms with Crippen molar-refractivity contribution in [1.29, 1.82) is 0 Å². The molecule has 0 atom stereocenters. The van der Waals surface area contributed by atoms with Gasteiger partial charge in [-0.15, -0.1) is 0 Å². The highest BCUT2D eigenvalue weighted by Crippen LogP contribution is 2.36. The van der Waals surface area contributed by atoms with Crippen LogP contribution in [0.3, 0.4) is 0 Å². The summed E-state index contributed by atoms with van der Waals surface area (Å²) in [5.74, 6) is 1.43. The van der Waals surface area contributed by atoms with Crippen LogP contribution in [0.5, 0.6) is 0 Å². The summed E-state index contributed by atoms with van der Waals surface area (Å²) >= 11 is 0. The molecule has 1 N–H and O–H groups in total. The molecule has 112 valence electrons. The number of nitrogens with zero attached hydrogens (tertiary/aromatic N) is 2. The fourth-order valence-electron chi connectivity index (χ4n) is 3.44. The standard InChI is InChI=1S/C15H25N3O2/c1-11-5-7-15(8-6-11)13(19)18(14(20)16-15)10-17(2)9-12-3-4-12/h11-12H,3-10H2,1-2H3,(H,16,20). The quantitative estimate of drug-likeness (QED) is 0.798. The van der Waals surface area contributed by atoms with E-state index in [4.69, 9.17) is 0 Å². The summed E-state index contributed by atoms with van der Waals surface area (Å²) in [6, 6.07) is -0.202. The Morgan fingerprint density at radius 2 is 1.90 bits per heavy atom. The van der Waals surface area contributed by atoms with E-state index in [-0.39, 0.29) is 11.9 Å². The maximum Gasteiger partial charge on any atom is 0.326 e. The third-order valence-corrected chi connectivity index (χ3v) is 5.02. The molecule has 0 aromatic rings. The van der Waals surface area contributed by atoms with Crippen molar-refractivity contribution in [2.24, 2.45) is 11.8 Å². The molecular formula is C15H25N3O2. The average Bonchev–Trinajstić information content (AvgIpc) is 3.18. The molecular weight excluding hydrogens is 254 g/mol. The number of carbonyl (C=O) groups is 2. The molecule has 0 bridgehead atoms. The van der Waals surface area contributed by atoms with E-state index < -0.39 is 5.54 Å². The first-order valence-electron chi connectivity index (χ1n) is 7.83. The third-order valence-electron chi connectivity index (χ3n) is 5.02. The summed E-state index contributed by atoms with van der Waals surface area (Å²) in [6.45, 7) is 3.63. The molecule has 0 unspecified atom stereocenters. The van der Waals surface area contributed by atoms with Gasteiger partial charge in [0, 0.05) is 6.54 Å². The van der Waals surface area contributed by atoms with E-state index in [1.54, 1.807) is 0 Å². The van der Waals surface area contributed by atoms with Crippen molar-refractivity contribution in [1.82, 2.24) is 15.1 Å². The summed E-state index contributed by atoms with van der Waals surface area (Å²) in [7, 11) is 1.99. The number of rotatable bonds is 4. The van der Waals surface area contributed by atoms with Gasteiger partial charge in [-0.05, 0) is 57.4 Å². The Bertz CT molecular complexity index is 411. The lowest BCUT2D eigenvalue weighted by Crippen LogP contribution is -2.50. The van der Waals surface area contributed by atoms with E-state index in [0.717, 1.165) is 38.1 Å². The first-order valence-corrected chi connectivity index (χ1v) is 7.83. The molecule has 1 heterocycles. The van der Waals surface area contributed by atoms with Gasteiger partial charge in [-0.2, -0.15) is 0 Å². The number of hydrogen-bond acceptors (Lipinski definition) is 3. The minimum Gasteiger partial charge on any atom is -0.323 e. The van der Waals surface area contributed by atoms with Gasteiger partial charge >= 0.3 is 6.03 Å². The fourth-order valence-corrected chi connectivity index (χ4v) is 3.44. The van der Waals surface area contributed by atoms with E-state index >= 15 is 0 Å². The highest BCUT2D eigenvalue weighted by atomic mass is 16.2. The lowest BCUT2D eigenvalue weighted by atomic mass is 9.77. The van der Waals surface area contributed by atoms with Crippen molar-refractivity contribution >= 4 is 11.9 Å². The molecule has 1 aliphatic heterocycles. The number of hydrogen-bond donors (Lipinski definition) is 1. The predicted octanol–water partition coefficient (Wildman–Crippen LogP) is 1.79. The monoisotopic (exact) mass is 279 g/mol. The zero-order valence-corrected chi connectivity index (χ0v) is 12.5. The van der Waals surface area contributed by atoms with Crippen molar-refractivity contribution in [3.63, 3.8) is 0 Å². The van der Waals surface area contributed by atoms with Crippen LogP contribution in [0.15, 0.2) is 0 Å². The smallest absolute Gasteiger partial charge is 0.323 e. The number of carbonyl (C=O) groups excluding carboxylic acids is 2. The largest absolute Gasteiger partial charge is 0.326 e. The molecule has 2 aliphatic carbocycles. The molecule has 0 aromatic heterocycles. The van der Waals surface area contributed by atoms with Crippen LogP contribution in [0.25, 0.3) is 0 Å². The molecule has 1 spiro atoms. The summed E-state index contributed by atoms with van der Waals surface area (Å²) in [5.41, 5.74) is -0.593. The van der Waals surface area contributed by atoms with E-state index in [9.17, 15) is 9.59 Å². The summed E-state index contributed by atoms with van der Waals surface area (Å²) < 4.78 is 0. The van der Waals surface area contributed by atoms with Crippen LogP contribution in [0.2, 0.25) is 0 Å². The zero-order valence-electron chi connectivity index (χ0n) is 12.5. The molecule has 3 rings (SSSR count). The van der Waals surface area contributed by atoms with Crippen LogP contribution in [0.4, 0.5) is 4.79 Å². The van der Waals surface area contributed by atoms with E-state index in [1.807, 2.05) is 7.05 Å². The third kappa shape index (κ3) is 2.55. The predicted molar refractivity (Wildman–Crippen MR) is 76.0 cm³/mol. The fraction of sp³-hybridized carbons (Fsp3) is 0.867. The van der Waals surface area contributed by atoms with Gasteiger partial charge in [0.15, 0.2) is 0 Å². The lowest BCUT2D eigenvalue weighted by molar-refractivity contribution is -0.134. The maximum atomic E-state index is 12.7. The summed E-state index contributed by atoms with van der Waals surface area (Å²) in [5, 5.41) is 2.97. The lowest BCUT2D eigenvalue weighted by Gasteiger charge is -2.33. The highest BCUT2D eigenvalue weighted by Gasteiger charge is 2.52. The van der Waals surface area contributed by atoms with Crippen molar-refractivity contribution in [2.45, 2.75) is 51.0 Å². The van der Waals surface area contributed by atoms with Gasteiger partial charge in [0.05, 0.1) is 6.67 Å². The van der Waals surface area contributed by atoms with Gasteiger partial charge in [-0.1, -0.05) is 6.92 Å². The Kier molecular flexibility index (Phi) is 3.48. The number of imide groups is 1. The molecule has 1 saturated heterocycles. The van der Waals surface area contributed by atoms with E-state index in [1.165, 1.54) is 17.7 Å². The Balaban J connectivity index is 1.63. The van der Waals surface area contributed by atoms with Gasteiger partial charge in [0.25, 0.3) is 5.91 Å². The van der Waals surface area contributed by atoms with Crippen molar-refractivity contribution in [3.05, 3.63) is 0 Å². The van der Waals surface area contributed by atoms with E-state index in [0.29, 0.717) is 12.6 Å². The molecule has 20 heavy (non-hydrogen) atoms. The Labute approximate surface area is 120 Å². The second kappa shape index (κ2) is 5.02. The zero-order chi connectivity index (χ0) is 14.3. The molecule has 3 aliphatic rings. The molecule has 0 aromatic carbocycles. The van der Waals surface area contributed by atoms with Crippen LogP contribution in [-0.4, -0.2) is 47.5 Å². The van der Waals surface area contributed by atoms with Crippen molar-refractivity contribution in [2.75, 3.05) is 20.3 Å². The van der Waals surface area contributed by atoms with Gasteiger partial charge in [-0.3, -0.25) is 9.69 Å². The molecule has 3 amide bonds. The highest BCUT2D eigenvalue weighted by molar-refractivity contribution is 6.07. The molecule has 0 radical (unpaired) electrons. The van der Waals surface area contributed by atoms with Crippen LogP contribution >= 0.6 is 0 Å². The number of urea groups is 1.